The number of alkyl halides is 3. The van der Waals surface area contributed by atoms with Crippen molar-refractivity contribution in [3.8, 4) is 22.8 Å². The van der Waals surface area contributed by atoms with Crippen LogP contribution in [0.4, 0.5) is 18.9 Å². The molecule has 0 aliphatic rings. The fraction of sp³-hybridized carbons (Fsp3) is 0.150. The number of anilines is 1. The summed E-state index contributed by atoms with van der Waals surface area (Å²) in [6, 6.07) is 9.34. The first-order valence-electron chi connectivity index (χ1n) is 8.51. The van der Waals surface area contributed by atoms with E-state index in [0.29, 0.717) is 16.3 Å². The first kappa shape index (κ1) is 21.4. The predicted molar refractivity (Wildman–Crippen MR) is 105 cm³/mol. The molecule has 3 rings (SSSR count). The van der Waals surface area contributed by atoms with Crippen LogP contribution in [0.5, 0.6) is 11.6 Å². The molecule has 0 saturated heterocycles. The minimum Gasteiger partial charge on any atom is -0.495 e. The Morgan fingerprint density at radius 2 is 1.87 bits per heavy atom. The summed E-state index contributed by atoms with van der Waals surface area (Å²) in [6.07, 6.45) is -0.516. The smallest absolute Gasteiger partial charge is 0.422 e. The molecule has 0 radical (unpaired) electrons. The summed E-state index contributed by atoms with van der Waals surface area (Å²) in [5.41, 5.74) is 1.27. The van der Waals surface area contributed by atoms with Gasteiger partial charge in [0.1, 0.15) is 5.75 Å². The minimum absolute atomic E-state index is 0.226. The minimum atomic E-state index is -4.52. The van der Waals surface area contributed by atoms with Crippen LogP contribution in [0, 0.1) is 0 Å². The van der Waals surface area contributed by atoms with Crippen LogP contribution < -0.4 is 14.8 Å². The summed E-state index contributed by atoms with van der Waals surface area (Å²) < 4.78 is 47.6. The molecule has 0 atom stereocenters. The number of pyridine rings is 2. The molecule has 6 nitrogen and oxygen atoms in total. The molecule has 1 amide bonds. The van der Waals surface area contributed by atoms with Crippen molar-refractivity contribution in [1.82, 2.24) is 9.97 Å². The van der Waals surface area contributed by atoms with Gasteiger partial charge in [-0.3, -0.25) is 9.78 Å². The Kier molecular flexibility index (Phi) is 6.41. The van der Waals surface area contributed by atoms with Crippen molar-refractivity contribution in [2.75, 3.05) is 19.0 Å². The Morgan fingerprint density at radius 3 is 2.53 bits per heavy atom. The first-order valence-corrected chi connectivity index (χ1v) is 8.89. The molecular weight excluding hydrogens is 423 g/mol. The summed E-state index contributed by atoms with van der Waals surface area (Å²) in [5.74, 6) is -0.316. The van der Waals surface area contributed by atoms with Gasteiger partial charge in [-0.2, -0.15) is 13.2 Å². The van der Waals surface area contributed by atoms with Gasteiger partial charge in [-0.1, -0.05) is 23.7 Å². The van der Waals surface area contributed by atoms with Gasteiger partial charge in [-0.05, 0) is 29.8 Å². The molecule has 2 aromatic heterocycles. The number of nitrogens with one attached hydrogen (secondary N) is 1. The summed E-state index contributed by atoms with van der Waals surface area (Å²) in [6.45, 7) is -1.50. The number of halogens is 4. The van der Waals surface area contributed by atoms with Gasteiger partial charge in [0.25, 0.3) is 5.91 Å². The summed E-state index contributed by atoms with van der Waals surface area (Å²) in [7, 11) is 1.45. The fourth-order valence-electron chi connectivity index (χ4n) is 2.48. The SMILES string of the molecule is COc1cncc(C(=O)Nc2cnc(OCC(F)(F)F)c(-c3ccc(Cl)cc3)c2)c1. The highest BCUT2D eigenvalue weighted by atomic mass is 35.5. The maximum atomic E-state index is 12.6. The lowest BCUT2D eigenvalue weighted by atomic mass is 10.1. The molecule has 0 saturated carbocycles. The molecule has 0 aliphatic carbocycles. The topological polar surface area (TPSA) is 73.3 Å². The van der Waals surface area contributed by atoms with Crippen molar-refractivity contribution in [3.63, 3.8) is 0 Å². The van der Waals surface area contributed by atoms with Crippen molar-refractivity contribution in [1.29, 1.82) is 0 Å². The van der Waals surface area contributed by atoms with Gasteiger partial charge >= 0.3 is 6.18 Å². The van der Waals surface area contributed by atoms with Crippen molar-refractivity contribution in [2.24, 2.45) is 0 Å². The van der Waals surface area contributed by atoms with Gasteiger partial charge in [-0.15, -0.1) is 0 Å². The second kappa shape index (κ2) is 9.00. The summed E-state index contributed by atoms with van der Waals surface area (Å²) >= 11 is 5.88. The molecule has 0 bridgehead atoms. The van der Waals surface area contributed by atoms with E-state index in [2.05, 4.69) is 15.3 Å². The van der Waals surface area contributed by atoms with E-state index >= 15 is 0 Å². The van der Waals surface area contributed by atoms with E-state index in [0.717, 1.165) is 0 Å². The van der Waals surface area contributed by atoms with E-state index in [1.165, 1.54) is 37.8 Å². The summed E-state index contributed by atoms with van der Waals surface area (Å²) in [4.78, 5) is 20.3. The quantitative estimate of drug-likeness (QED) is 0.587. The molecule has 3 aromatic rings. The Hall–Kier alpha value is -3.33. The zero-order valence-electron chi connectivity index (χ0n) is 15.5. The molecule has 0 aliphatic heterocycles. The van der Waals surface area contributed by atoms with E-state index in [4.69, 9.17) is 21.1 Å². The number of carbonyl (C=O) groups excluding carboxylic acids is 1. The number of carbonyl (C=O) groups is 1. The van der Waals surface area contributed by atoms with Crippen LogP contribution in [-0.2, 0) is 0 Å². The molecule has 10 heteroatoms. The molecule has 1 aromatic carbocycles. The molecule has 1 N–H and O–H groups in total. The largest absolute Gasteiger partial charge is 0.495 e. The zero-order valence-corrected chi connectivity index (χ0v) is 16.3. The molecule has 0 unspecified atom stereocenters. The van der Waals surface area contributed by atoms with Crippen molar-refractivity contribution in [2.45, 2.75) is 6.18 Å². The number of ether oxygens (including phenoxy) is 2. The fourth-order valence-corrected chi connectivity index (χ4v) is 2.61. The molecular formula is C20H15ClF3N3O3. The maximum Gasteiger partial charge on any atom is 0.422 e. The van der Waals surface area contributed by atoms with Gasteiger partial charge in [0.15, 0.2) is 6.61 Å². The summed E-state index contributed by atoms with van der Waals surface area (Å²) in [5, 5.41) is 3.09. The van der Waals surface area contributed by atoms with Gasteiger partial charge in [0.05, 0.1) is 30.8 Å². The van der Waals surface area contributed by atoms with Crippen molar-refractivity contribution >= 4 is 23.2 Å². The number of benzene rings is 1. The third-order valence-electron chi connectivity index (χ3n) is 3.85. The van der Waals surface area contributed by atoms with Crippen LogP contribution in [0.3, 0.4) is 0 Å². The van der Waals surface area contributed by atoms with Gasteiger partial charge in [-0.25, -0.2) is 4.98 Å². The first-order chi connectivity index (χ1) is 14.2. The third-order valence-corrected chi connectivity index (χ3v) is 4.10. The molecule has 156 valence electrons. The van der Waals surface area contributed by atoms with Crippen LogP contribution >= 0.6 is 11.6 Å². The van der Waals surface area contributed by atoms with Crippen LogP contribution in [0.2, 0.25) is 5.02 Å². The Bertz CT molecular complexity index is 1040. The Morgan fingerprint density at radius 1 is 1.13 bits per heavy atom. The normalized spacial score (nSPS) is 11.1. The van der Waals surface area contributed by atoms with E-state index in [1.807, 2.05) is 0 Å². The average molecular weight is 438 g/mol. The number of aromatic nitrogens is 2. The molecule has 0 fully saturated rings. The van der Waals surface area contributed by atoms with E-state index < -0.39 is 18.7 Å². The third kappa shape index (κ3) is 5.60. The molecule has 0 spiro atoms. The van der Waals surface area contributed by atoms with E-state index in [-0.39, 0.29) is 22.7 Å². The molecule has 2 heterocycles. The number of hydrogen-bond donors (Lipinski definition) is 1. The molecule has 30 heavy (non-hydrogen) atoms. The zero-order chi connectivity index (χ0) is 21.7. The van der Waals surface area contributed by atoms with Crippen LogP contribution in [0.1, 0.15) is 10.4 Å². The number of hydrogen-bond acceptors (Lipinski definition) is 5. The average Bonchev–Trinajstić information content (AvgIpc) is 2.72. The number of amides is 1. The lowest BCUT2D eigenvalue weighted by molar-refractivity contribution is -0.154. The van der Waals surface area contributed by atoms with Gasteiger partial charge in [0, 0.05) is 16.8 Å². The van der Waals surface area contributed by atoms with Crippen LogP contribution in [-0.4, -0.2) is 35.8 Å². The van der Waals surface area contributed by atoms with Crippen molar-refractivity contribution in [3.05, 3.63) is 65.6 Å². The highest BCUT2D eigenvalue weighted by Gasteiger charge is 2.29. The van der Waals surface area contributed by atoms with Gasteiger partial charge in [0.2, 0.25) is 5.88 Å². The highest BCUT2D eigenvalue weighted by Crippen LogP contribution is 2.32. The second-order valence-corrected chi connectivity index (χ2v) is 6.49. The van der Waals surface area contributed by atoms with Gasteiger partial charge < -0.3 is 14.8 Å². The Labute approximate surface area is 174 Å². The van der Waals surface area contributed by atoms with Crippen LogP contribution in [0.15, 0.2) is 55.0 Å². The monoisotopic (exact) mass is 437 g/mol. The van der Waals surface area contributed by atoms with Crippen molar-refractivity contribution < 1.29 is 27.4 Å². The predicted octanol–water partition coefficient (Wildman–Crippen LogP) is 5.00. The Balaban J connectivity index is 1.91. The number of rotatable bonds is 6. The second-order valence-electron chi connectivity index (χ2n) is 6.06. The van der Waals surface area contributed by atoms with Crippen LogP contribution in [0.25, 0.3) is 11.1 Å². The van der Waals surface area contributed by atoms with E-state index in [1.54, 1.807) is 24.3 Å². The van der Waals surface area contributed by atoms with E-state index in [9.17, 15) is 18.0 Å². The highest BCUT2D eigenvalue weighted by molar-refractivity contribution is 6.30. The standard InChI is InChI=1S/C20H15ClF3N3O3/c1-29-16-6-13(8-25-10-16)18(28)27-15-7-17(12-2-4-14(21)5-3-12)19(26-9-15)30-11-20(22,23)24/h2-10H,11H2,1H3,(H,27,28). The lowest BCUT2D eigenvalue weighted by Gasteiger charge is -2.14. The lowest BCUT2D eigenvalue weighted by Crippen LogP contribution is -2.20. The number of methoxy groups -OCH3 is 1. The maximum absolute atomic E-state index is 12.6. The number of nitrogens with zero attached hydrogens (tertiary/aromatic N) is 2.